The summed E-state index contributed by atoms with van der Waals surface area (Å²) in [6.45, 7) is 4.11. The van der Waals surface area contributed by atoms with Gasteiger partial charge in [0.2, 0.25) is 0 Å². The highest BCUT2D eigenvalue weighted by molar-refractivity contribution is 8.17. The van der Waals surface area contributed by atoms with E-state index in [1.807, 2.05) is 11.8 Å². The van der Waals surface area contributed by atoms with Crippen LogP contribution in [0.25, 0.3) is 15.8 Å². The van der Waals surface area contributed by atoms with Crippen molar-refractivity contribution in [2.24, 2.45) is 4.99 Å². The maximum Gasteiger partial charge on any atom is 0.168 e. The average molecular weight is 316 g/mol. The molecule has 3 heterocycles. The molecule has 21 heavy (non-hydrogen) atoms. The van der Waals surface area contributed by atoms with E-state index in [4.69, 9.17) is 4.74 Å². The number of hydrogen-bond donors (Lipinski definition) is 0. The number of rotatable bonds is 3. The first-order valence-corrected chi connectivity index (χ1v) is 8.80. The molecule has 2 aliphatic heterocycles. The van der Waals surface area contributed by atoms with Crippen LogP contribution < -0.4 is 4.74 Å². The molecule has 0 amide bonds. The van der Waals surface area contributed by atoms with E-state index < -0.39 is 0 Å². The van der Waals surface area contributed by atoms with Gasteiger partial charge in [0.05, 0.1) is 19.4 Å². The Morgan fingerprint density at radius 2 is 2.29 bits per heavy atom. The van der Waals surface area contributed by atoms with Gasteiger partial charge in [0, 0.05) is 27.1 Å². The quantitative estimate of drug-likeness (QED) is 0.838. The highest BCUT2D eigenvalue weighted by Gasteiger charge is 2.32. The SMILES string of the molecule is CCC1=C(c2cc(OC)c3ccsc3c2)N2CCN=C2S1. The van der Waals surface area contributed by atoms with Gasteiger partial charge in [-0.05, 0) is 30.0 Å². The van der Waals surface area contributed by atoms with E-state index in [-0.39, 0.29) is 0 Å². The molecule has 0 radical (unpaired) electrons. The lowest BCUT2D eigenvalue weighted by Gasteiger charge is -2.18. The van der Waals surface area contributed by atoms with E-state index in [2.05, 4.69) is 40.4 Å². The van der Waals surface area contributed by atoms with Gasteiger partial charge in [0.25, 0.3) is 0 Å². The fraction of sp³-hybridized carbons (Fsp3) is 0.312. The number of nitrogens with zero attached hydrogens (tertiary/aromatic N) is 2. The van der Waals surface area contributed by atoms with Crippen LogP contribution in [-0.2, 0) is 0 Å². The zero-order valence-corrected chi connectivity index (χ0v) is 13.7. The minimum absolute atomic E-state index is 0.904. The number of amidine groups is 1. The highest BCUT2D eigenvalue weighted by atomic mass is 32.2. The third-order valence-corrected chi connectivity index (χ3v) is 6.02. The van der Waals surface area contributed by atoms with Gasteiger partial charge in [-0.25, -0.2) is 0 Å². The Balaban J connectivity index is 1.90. The summed E-state index contributed by atoms with van der Waals surface area (Å²) in [4.78, 5) is 8.37. The molecule has 0 N–H and O–H groups in total. The number of ether oxygens (including phenoxy) is 1. The van der Waals surface area contributed by atoms with Gasteiger partial charge in [-0.2, -0.15) is 0 Å². The molecule has 5 heteroatoms. The van der Waals surface area contributed by atoms with Crippen molar-refractivity contribution in [3.8, 4) is 5.75 Å². The summed E-state index contributed by atoms with van der Waals surface area (Å²) in [7, 11) is 1.75. The summed E-state index contributed by atoms with van der Waals surface area (Å²) < 4.78 is 6.87. The average Bonchev–Trinajstić information content (AvgIpc) is 3.19. The molecule has 108 valence electrons. The molecule has 0 bridgehead atoms. The van der Waals surface area contributed by atoms with E-state index >= 15 is 0 Å². The fourth-order valence-corrected chi connectivity index (χ4v) is 4.91. The molecular weight excluding hydrogens is 300 g/mol. The Bertz CT molecular complexity index is 776. The van der Waals surface area contributed by atoms with Crippen molar-refractivity contribution in [3.63, 3.8) is 0 Å². The molecule has 0 fully saturated rings. The summed E-state index contributed by atoms with van der Waals surface area (Å²) in [6.07, 6.45) is 1.04. The fourth-order valence-electron chi connectivity index (χ4n) is 2.93. The summed E-state index contributed by atoms with van der Waals surface area (Å²) in [5.41, 5.74) is 2.57. The van der Waals surface area contributed by atoms with Crippen LogP contribution in [0.1, 0.15) is 18.9 Å². The Labute approximate surface area is 132 Å². The highest BCUT2D eigenvalue weighted by Crippen LogP contribution is 2.45. The largest absolute Gasteiger partial charge is 0.496 e. The molecule has 1 aromatic heterocycles. The predicted octanol–water partition coefficient (Wildman–Crippen LogP) is 4.41. The van der Waals surface area contributed by atoms with Gasteiger partial charge in [-0.3, -0.25) is 4.99 Å². The normalized spacial score (nSPS) is 17.6. The first kappa shape index (κ1) is 13.2. The van der Waals surface area contributed by atoms with Crippen molar-refractivity contribution >= 4 is 44.0 Å². The molecule has 0 unspecified atom stereocenters. The molecular formula is C16H16N2OS2. The molecule has 2 aliphatic rings. The number of fused-ring (bicyclic) bond motifs is 2. The van der Waals surface area contributed by atoms with Crippen molar-refractivity contribution < 1.29 is 4.74 Å². The molecule has 2 aromatic rings. The molecule has 0 atom stereocenters. The van der Waals surface area contributed by atoms with Crippen LogP contribution >= 0.6 is 23.1 Å². The van der Waals surface area contributed by atoms with Crippen molar-refractivity contribution in [1.29, 1.82) is 0 Å². The maximum atomic E-state index is 5.59. The first-order chi connectivity index (χ1) is 10.3. The van der Waals surface area contributed by atoms with Gasteiger partial charge in [-0.15, -0.1) is 11.3 Å². The van der Waals surface area contributed by atoms with Crippen LogP contribution in [0.4, 0.5) is 0 Å². The number of thiophene rings is 1. The van der Waals surface area contributed by atoms with Crippen molar-refractivity contribution in [2.45, 2.75) is 13.3 Å². The summed E-state index contributed by atoms with van der Waals surface area (Å²) in [5, 5.41) is 4.48. The molecule has 0 aliphatic carbocycles. The minimum atomic E-state index is 0.904. The third kappa shape index (κ3) is 1.99. The third-order valence-electron chi connectivity index (χ3n) is 3.90. The van der Waals surface area contributed by atoms with E-state index in [1.165, 1.54) is 26.3 Å². The number of methoxy groups -OCH3 is 1. The molecule has 1 aromatic carbocycles. The predicted molar refractivity (Wildman–Crippen MR) is 92.2 cm³/mol. The molecule has 0 saturated heterocycles. The molecule has 0 spiro atoms. The van der Waals surface area contributed by atoms with Crippen molar-refractivity contribution in [3.05, 3.63) is 34.0 Å². The van der Waals surface area contributed by atoms with Crippen molar-refractivity contribution in [1.82, 2.24) is 4.90 Å². The van der Waals surface area contributed by atoms with Gasteiger partial charge in [0.15, 0.2) is 5.17 Å². The lowest BCUT2D eigenvalue weighted by atomic mass is 10.1. The van der Waals surface area contributed by atoms with Gasteiger partial charge in [-0.1, -0.05) is 18.7 Å². The zero-order valence-electron chi connectivity index (χ0n) is 12.0. The smallest absolute Gasteiger partial charge is 0.168 e. The zero-order chi connectivity index (χ0) is 14.4. The van der Waals surface area contributed by atoms with Crippen LogP contribution in [0.2, 0.25) is 0 Å². The Hall–Kier alpha value is -1.46. The second kappa shape index (κ2) is 5.07. The molecule has 3 nitrogen and oxygen atoms in total. The van der Waals surface area contributed by atoms with Crippen LogP contribution in [0.5, 0.6) is 5.75 Å². The molecule has 0 saturated carbocycles. The number of hydrogen-bond acceptors (Lipinski definition) is 5. The number of aliphatic imine (C=N–C) groups is 1. The van der Waals surface area contributed by atoms with Crippen LogP contribution in [0.15, 0.2) is 33.5 Å². The van der Waals surface area contributed by atoms with Crippen molar-refractivity contribution in [2.75, 3.05) is 20.2 Å². The molecule has 4 rings (SSSR count). The minimum Gasteiger partial charge on any atom is -0.496 e. The van der Waals surface area contributed by atoms with E-state index in [0.717, 1.165) is 30.4 Å². The van der Waals surface area contributed by atoms with Gasteiger partial charge in [0.1, 0.15) is 5.75 Å². The standard InChI is InChI=1S/C16H16N2OS2/c1-3-13-15(18-6-5-17-16(18)21-13)10-8-12(19-2)11-4-7-20-14(11)9-10/h4,7-9H,3,5-6H2,1-2H3. The Morgan fingerprint density at radius 1 is 1.38 bits per heavy atom. The van der Waals surface area contributed by atoms with Crippen LogP contribution in [0.3, 0.4) is 0 Å². The Kier molecular flexibility index (Phi) is 3.19. The van der Waals surface area contributed by atoms with Crippen LogP contribution in [-0.4, -0.2) is 30.3 Å². The lowest BCUT2D eigenvalue weighted by molar-refractivity contribution is 0.419. The first-order valence-electron chi connectivity index (χ1n) is 7.10. The lowest BCUT2D eigenvalue weighted by Crippen LogP contribution is -2.20. The summed E-state index contributed by atoms with van der Waals surface area (Å²) in [5.74, 6) is 0.960. The maximum absolute atomic E-state index is 5.59. The second-order valence-electron chi connectivity index (χ2n) is 5.05. The summed E-state index contributed by atoms with van der Waals surface area (Å²) in [6, 6.07) is 6.58. The Morgan fingerprint density at radius 3 is 3.10 bits per heavy atom. The second-order valence-corrected chi connectivity index (χ2v) is 7.06. The van der Waals surface area contributed by atoms with E-state index in [0.29, 0.717) is 0 Å². The van der Waals surface area contributed by atoms with Gasteiger partial charge >= 0.3 is 0 Å². The number of benzene rings is 1. The van der Waals surface area contributed by atoms with E-state index in [1.54, 1.807) is 18.4 Å². The number of thioether (sulfide) groups is 1. The van der Waals surface area contributed by atoms with Crippen LogP contribution in [0, 0.1) is 0 Å². The topological polar surface area (TPSA) is 24.8 Å². The van der Waals surface area contributed by atoms with E-state index in [9.17, 15) is 0 Å². The summed E-state index contributed by atoms with van der Waals surface area (Å²) >= 11 is 3.59. The number of allylic oxidation sites excluding steroid dienone is 1. The van der Waals surface area contributed by atoms with Gasteiger partial charge < -0.3 is 9.64 Å². The monoisotopic (exact) mass is 316 g/mol.